The summed E-state index contributed by atoms with van der Waals surface area (Å²) in [6, 6.07) is 2.32. The van der Waals surface area contributed by atoms with E-state index < -0.39 is 11.6 Å². The van der Waals surface area contributed by atoms with Crippen molar-refractivity contribution in [2.75, 3.05) is 0 Å². The van der Waals surface area contributed by atoms with Crippen molar-refractivity contribution in [3.8, 4) is 0 Å². The lowest BCUT2D eigenvalue weighted by molar-refractivity contribution is 0.384. The van der Waals surface area contributed by atoms with Gasteiger partial charge in [-0.1, -0.05) is 6.42 Å². The monoisotopic (exact) mass is 251 g/mol. The van der Waals surface area contributed by atoms with Gasteiger partial charge in [-0.2, -0.15) is 0 Å². The second-order valence-corrected chi connectivity index (χ2v) is 5.03. The van der Waals surface area contributed by atoms with E-state index in [9.17, 15) is 8.78 Å². The molecule has 2 atom stereocenters. The first-order valence-corrected chi connectivity index (χ1v) is 6.23. The molecule has 2 unspecified atom stereocenters. The first kappa shape index (κ1) is 11.6. The molecule has 0 saturated heterocycles. The van der Waals surface area contributed by atoms with E-state index in [2.05, 4.69) is 9.97 Å². The van der Waals surface area contributed by atoms with Gasteiger partial charge in [0.1, 0.15) is 17.2 Å². The van der Waals surface area contributed by atoms with Crippen molar-refractivity contribution in [2.45, 2.75) is 37.6 Å². The molecule has 0 aliphatic heterocycles. The number of H-pyrrole nitrogens is 1. The Bertz CT molecular complexity index is 579. The summed E-state index contributed by atoms with van der Waals surface area (Å²) in [4.78, 5) is 7.28. The lowest BCUT2D eigenvalue weighted by atomic mass is 9.86. The summed E-state index contributed by atoms with van der Waals surface area (Å²) in [5, 5.41) is 0. The Hall–Kier alpha value is -1.49. The molecular weight excluding hydrogens is 236 g/mol. The number of hydrogen-bond acceptors (Lipinski definition) is 2. The molecule has 3 rings (SSSR count). The van der Waals surface area contributed by atoms with Gasteiger partial charge in [-0.15, -0.1) is 0 Å². The van der Waals surface area contributed by atoms with Gasteiger partial charge < -0.3 is 10.7 Å². The maximum Gasteiger partial charge on any atom is 0.153 e. The zero-order valence-corrected chi connectivity index (χ0v) is 9.92. The molecule has 3 nitrogen and oxygen atoms in total. The predicted molar refractivity (Wildman–Crippen MR) is 65.2 cm³/mol. The van der Waals surface area contributed by atoms with Crippen molar-refractivity contribution < 1.29 is 8.78 Å². The van der Waals surface area contributed by atoms with Gasteiger partial charge in [0.25, 0.3) is 0 Å². The molecule has 1 saturated carbocycles. The van der Waals surface area contributed by atoms with Gasteiger partial charge in [0.15, 0.2) is 5.82 Å². The number of benzene rings is 1. The van der Waals surface area contributed by atoms with Gasteiger partial charge in [0, 0.05) is 18.0 Å². The largest absolute Gasteiger partial charge is 0.342 e. The zero-order valence-electron chi connectivity index (χ0n) is 9.92. The van der Waals surface area contributed by atoms with Gasteiger partial charge in [-0.05, 0) is 25.3 Å². The molecule has 0 radical (unpaired) electrons. The summed E-state index contributed by atoms with van der Waals surface area (Å²) in [6.07, 6.45) is 3.93. The Morgan fingerprint density at radius 1 is 1.28 bits per heavy atom. The highest BCUT2D eigenvalue weighted by Crippen LogP contribution is 2.32. The van der Waals surface area contributed by atoms with E-state index in [1.807, 2.05) is 0 Å². The van der Waals surface area contributed by atoms with E-state index >= 15 is 0 Å². The highest BCUT2D eigenvalue weighted by atomic mass is 19.1. The molecule has 1 aromatic carbocycles. The second kappa shape index (κ2) is 4.31. The SMILES string of the molecule is NC1CCCC(c2nc3c(F)cc(F)cc3[nH]2)C1. The number of aromatic amines is 1. The van der Waals surface area contributed by atoms with Crippen LogP contribution in [0.5, 0.6) is 0 Å². The smallest absolute Gasteiger partial charge is 0.153 e. The van der Waals surface area contributed by atoms with Crippen LogP contribution in [-0.4, -0.2) is 16.0 Å². The molecular formula is C13H15F2N3. The van der Waals surface area contributed by atoms with Crippen molar-refractivity contribution in [3.05, 3.63) is 29.6 Å². The van der Waals surface area contributed by atoms with Crippen LogP contribution in [0.15, 0.2) is 12.1 Å². The Morgan fingerprint density at radius 2 is 2.11 bits per heavy atom. The van der Waals surface area contributed by atoms with Gasteiger partial charge in [-0.3, -0.25) is 0 Å². The molecule has 1 heterocycles. The highest BCUT2D eigenvalue weighted by Gasteiger charge is 2.24. The number of nitrogens with one attached hydrogen (secondary N) is 1. The van der Waals surface area contributed by atoms with Crippen LogP contribution in [0.4, 0.5) is 8.78 Å². The Labute approximate surface area is 103 Å². The lowest BCUT2D eigenvalue weighted by Crippen LogP contribution is -2.27. The molecule has 1 aliphatic carbocycles. The number of imidazole rings is 1. The molecule has 1 aliphatic rings. The summed E-state index contributed by atoms with van der Waals surface area (Å²) in [5.74, 6) is -0.253. The van der Waals surface area contributed by atoms with Gasteiger partial charge in [0.05, 0.1) is 5.52 Å². The number of hydrogen-bond donors (Lipinski definition) is 2. The van der Waals surface area contributed by atoms with Crippen molar-refractivity contribution in [1.29, 1.82) is 0 Å². The fourth-order valence-electron chi connectivity index (χ4n) is 2.73. The Morgan fingerprint density at radius 3 is 2.89 bits per heavy atom. The van der Waals surface area contributed by atoms with Crippen molar-refractivity contribution in [2.24, 2.45) is 5.73 Å². The fraction of sp³-hybridized carbons (Fsp3) is 0.462. The predicted octanol–water partition coefficient (Wildman–Crippen LogP) is 2.83. The molecule has 0 amide bonds. The molecule has 2 aromatic rings. The van der Waals surface area contributed by atoms with E-state index in [-0.39, 0.29) is 17.5 Å². The normalized spacial score (nSPS) is 24.6. The number of aromatic nitrogens is 2. The van der Waals surface area contributed by atoms with Gasteiger partial charge in [-0.25, -0.2) is 13.8 Å². The minimum atomic E-state index is -0.618. The van der Waals surface area contributed by atoms with Crippen molar-refractivity contribution >= 4 is 11.0 Å². The molecule has 18 heavy (non-hydrogen) atoms. The Kier molecular flexibility index (Phi) is 2.78. The first-order chi connectivity index (χ1) is 8.63. The number of rotatable bonds is 1. The standard InChI is InChI=1S/C13H15F2N3/c14-8-5-10(15)12-11(6-8)17-13(18-12)7-2-1-3-9(16)4-7/h5-7,9H,1-4,16H2,(H,17,18). The molecule has 1 aromatic heterocycles. The molecule has 1 fully saturated rings. The third-order valence-electron chi connectivity index (χ3n) is 3.62. The maximum atomic E-state index is 13.6. The minimum Gasteiger partial charge on any atom is -0.342 e. The van der Waals surface area contributed by atoms with E-state index in [4.69, 9.17) is 5.73 Å². The van der Waals surface area contributed by atoms with Crippen LogP contribution in [-0.2, 0) is 0 Å². The van der Waals surface area contributed by atoms with Gasteiger partial charge in [0.2, 0.25) is 0 Å². The molecule has 96 valence electrons. The van der Waals surface area contributed by atoms with Crippen LogP contribution in [0.25, 0.3) is 11.0 Å². The molecule has 0 bridgehead atoms. The molecule has 0 spiro atoms. The van der Waals surface area contributed by atoms with Crippen LogP contribution < -0.4 is 5.73 Å². The maximum absolute atomic E-state index is 13.6. The first-order valence-electron chi connectivity index (χ1n) is 6.23. The van der Waals surface area contributed by atoms with E-state index in [1.54, 1.807) is 0 Å². The van der Waals surface area contributed by atoms with Crippen molar-refractivity contribution in [1.82, 2.24) is 9.97 Å². The zero-order chi connectivity index (χ0) is 12.7. The number of fused-ring (bicyclic) bond motifs is 1. The van der Waals surface area contributed by atoms with Crippen molar-refractivity contribution in [3.63, 3.8) is 0 Å². The van der Waals surface area contributed by atoms with E-state index in [0.717, 1.165) is 37.6 Å². The number of halogens is 2. The minimum absolute atomic E-state index is 0.179. The van der Waals surface area contributed by atoms with E-state index in [0.29, 0.717) is 5.52 Å². The number of nitrogens with zero attached hydrogens (tertiary/aromatic N) is 1. The van der Waals surface area contributed by atoms with Crippen LogP contribution in [0, 0.1) is 11.6 Å². The topological polar surface area (TPSA) is 54.7 Å². The summed E-state index contributed by atoms with van der Waals surface area (Å²) in [6.45, 7) is 0. The van der Waals surface area contributed by atoms with Gasteiger partial charge >= 0.3 is 0 Å². The average Bonchev–Trinajstić information content (AvgIpc) is 2.73. The molecule has 5 heteroatoms. The average molecular weight is 251 g/mol. The summed E-state index contributed by atoms with van der Waals surface area (Å²) >= 11 is 0. The third kappa shape index (κ3) is 1.99. The van der Waals surface area contributed by atoms with Crippen LogP contribution in [0.1, 0.15) is 37.4 Å². The molecule has 3 N–H and O–H groups in total. The third-order valence-corrected chi connectivity index (χ3v) is 3.62. The lowest BCUT2D eigenvalue weighted by Gasteiger charge is -2.24. The fourth-order valence-corrected chi connectivity index (χ4v) is 2.73. The quantitative estimate of drug-likeness (QED) is 0.818. The second-order valence-electron chi connectivity index (χ2n) is 5.03. The highest BCUT2D eigenvalue weighted by molar-refractivity contribution is 5.75. The van der Waals surface area contributed by atoms with Crippen LogP contribution >= 0.6 is 0 Å². The summed E-state index contributed by atoms with van der Waals surface area (Å²) < 4.78 is 26.7. The van der Waals surface area contributed by atoms with Crippen LogP contribution in [0.2, 0.25) is 0 Å². The van der Waals surface area contributed by atoms with E-state index in [1.165, 1.54) is 6.07 Å². The van der Waals surface area contributed by atoms with Crippen LogP contribution in [0.3, 0.4) is 0 Å². The summed E-state index contributed by atoms with van der Waals surface area (Å²) in [7, 11) is 0. The summed E-state index contributed by atoms with van der Waals surface area (Å²) in [5.41, 5.74) is 6.57. The number of nitrogens with two attached hydrogens (primary N) is 1. The Balaban J connectivity index is 2.00.